The molecule has 12 heavy (non-hydrogen) atoms. The van der Waals surface area contributed by atoms with Gasteiger partial charge < -0.3 is 0 Å². The van der Waals surface area contributed by atoms with Gasteiger partial charge in [0.25, 0.3) is 0 Å². The molecule has 0 amide bonds. The van der Waals surface area contributed by atoms with Crippen LogP contribution in [-0.2, 0) is 10.2 Å². The zero-order chi connectivity index (χ0) is 9.03. The van der Waals surface area contributed by atoms with Gasteiger partial charge in [0.15, 0.2) is 0 Å². The molecule has 0 N–H and O–H groups in total. The SMILES string of the molecule is O=NS(=O)(=O)N1CCCCCC1. The van der Waals surface area contributed by atoms with E-state index in [0.29, 0.717) is 13.1 Å². The van der Waals surface area contributed by atoms with Gasteiger partial charge in [0.2, 0.25) is 0 Å². The molecule has 6 heteroatoms. The van der Waals surface area contributed by atoms with E-state index >= 15 is 0 Å². The maximum Gasteiger partial charge on any atom is 0.356 e. The first-order valence-corrected chi connectivity index (χ1v) is 5.41. The number of hydrogen-bond donors (Lipinski definition) is 0. The number of nitroso groups, excluding NO2 is 1. The van der Waals surface area contributed by atoms with E-state index in [9.17, 15) is 13.3 Å². The molecule has 1 rings (SSSR count). The minimum Gasteiger partial charge on any atom is -0.184 e. The van der Waals surface area contributed by atoms with Gasteiger partial charge in [0, 0.05) is 13.1 Å². The highest BCUT2D eigenvalue weighted by molar-refractivity contribution is 7.87. The average molecular weight is 192 g/mol. The third kappa shape index (κ3) is 2.25. The van der Waals surface area contributed by atoms with Crippen molar-refractivity contribution >= 4 is 10.2 Å². The van der Waals surface area contributed by atoms with Crippen LogP contribution in [0.5, 0.6) is 0 Å². The van der Waals surface area contributed by atoms with Crippen LogP contribution in [0, 0.1) is 4.91 Å². The molecule has 0 bridgehead atoms. The maximum atomic E-state index is 11.0. The van der Waals surface area contributed by atoms with Crippen molar-refractivity contribution in [1.29, 1.82) is 0 Å². The Morgan fingerprint density at radius 3 is 1.92 bits per heavy atom. The zero-order valence-corrected chi connectivity index (χ0v) is 7.59. The Balaban J connectivity index is 2.66. The van der Waals surface area contributed by atoms with Crippen LogP contribution in [0.4, 0.5) is 0 Å². The molecule has 1 aliphatic rings. The summed E-state index contributed by atoms with van der Waals surface area (Å²) in [6, 6.07) is 0. The summed E-state index contributed by atoms with van der Waals surface area (Å²) in [6.07, 6.45) is 3.72. The molecule has 0 spiro atoms. The zero-order valence-electron chi connectivity index (χ0n) is 6.77. The predicted molar refractivity (Wildman–Crippen MR) is 44.8 cm³/mol. The van der Waals surface area contributed by atoms with Crippen molar-refractivity contribution in [3.05, 3.63) is 4.91 Å². The minimum absolute atomic E-state index is 0.439. The fraction of sp³-hybridized carbons (Fsp3) is 1.00. The number of rotatable bonds is 2. The van der Waals surface area contributed by atoms with E-state index in [1.165, 1.54) is 0 Å². The smallest absolute Gasteiger partial charge is 0.184 e. The van der Waals surface area contributed by atoms with E-state index < -0.39 is 10.2 Å². The molecule has 0 radical (unpaired) electrons. The summed E-state index contributed by atoms with van der Waals surface area (Å²) in [5, 5.41) is 0. The molecular formula is C6H12N2O3S. The lowest BCUT2D eigenvalue weighted by Gasteiger charge is -2.13. The Morgan fingerprint density at radius 2 is 1.50 bits per heavy atom. The van der Waals surface area contributed by atoms with Gasteiger partial charge in [0.1, 0.15) is 0 Å². The second kappa shape index (κ2) is 3.95. The average Bonchev–Trinajstić information content (AvgIpc) is 2.32. The van der Waals surface area contributed by atoms with Gasteiger partial charge >= 0.3 is 10.2 Å². The highest BCUT2D eigenvalue weighted by Crippen LogP contribution is 2.13. The van der Waals surface area contributed by atoms with Gasteiger partial charge in [-0.3, -0.25) is 0 Å². The standard InChI is InChI=1S/C6H12N2O3S/c9-7-12(10,11)8-5-3-1-2-4-6-8/h1-6H2. The largest absolute Gasteiger partial charge is 0.356 e. The summed E-state index contributed by atoms with van der Waals surface area (Å²) in [4.78, 5) is 9.96. The number of hydrogen-bond acceptors (Lipinski definition) is 3. The fourth-order valence-electron chi connectivity index (χ4n) is 1.32. The van der Waals surface area contributed by atoms with Crippen molar-refractivity contribution in [1.82, 2.24) is 4.31 Å². The lowest BCUT2D eigenvalue weighted by Crippen LogP contribution is -2.29. The van der Waals surface area contributed by atoms with Gasteiger partial charge in [0.05, 0.1) is 4.58 Å². The Labute approximate surface area is 71.9 Å². The first-order valence-electron chi connectivity index (χ1n) is 4.01. The first kappa shape index (κ1) is 9.60. The van der Waals surface area contributed by atoms with Crippen molar-refractivity contribution in [2.24, 2.45) is 4.58 Å². The van der Waals surface area contributed by atoms with Gasteiger partial charge in [-0.15, -0.1) is 4.91 Å². The number of nitrogens with zero attached hydrogens (tertiary/aromatic N) is 2. The molecule has 0 unspecified atom stereocenters. The molecule has 0 aliphatic carbocycles. The molecule has 1 aliphatic heterocycles. The molecule has 70 valence electrons. The first-order chi connectivity index (χ1) is 5.67. The second-order valence-corrected chi connectivity index (χ2v) is 4.43. The monoisotopic (exact) mass is 192 g/mol. The van der Waals surface area contributed by atoms with Crippen molar-refractivity contribution in [3.63, 3.8) is 0 Å². The lowest BCUT2D eigenvalue weighted by molar-refractivity contribution is 0.424. The molecule has 1 saturated heterocycles. The van der Waals surface area contributed by atoms with Gasteiger partial charge in [-0.1, -0.05) is 12.8 Å². The highest BCUT2D eigenvalue weighted by Gasteiger charge is 2.22. The van der Waals surface area contributed by atoms with Crippen LogP contribution in [0.1, 0.15) is 25.7 Å². The van der Waals surface area contributed by atoms with E-state index in [2.05, 4.69) is 4.58 Å². The summed E-state index contributed by atoms with van der Waals surface area (Å²) in [7, 11) is -3.84. The van der Waals surface area contributed by atoms with Crippen LogP contribution in [0.15, 0.2) is 4.58 Å². The van der Waals surface area contributed by atoms with Crippen LogP contribution in [0.3, 0.4) is 0 Å². The summed E-state index contributed by atoms with van der Waals surface area (Å²) in [5.74, 6) is 0. The summed E-state index contributed by atoms with van der Waals surface area (Å²) in [5.41, 5.74) is 0. The highest BCUT2D eigenvalue weighted by atomic mass is 32.2. The molecule has 0 atom stereocenters. The van der Waals surface area contributed by atoms with Crippen molar-refractivity contribution in [2.45, 2.75) is 25.7 Å². The normalized spacial score (nSPS) is 21.7. The molecular weight excluding hydrogens is 180 g/mol. The molecule has 0 aromatic carbocycles. The predicted octanol–water partition coefficient (Wildman–Crippen LogP) is 0.874. The van der Waals surface area contributed by atoms with E-state index in [1.54, 1.807) is 0 Å². The summed E-state index contributed by atoms with van der Waals surface area (Å²) < 4.78 is 25.2. The molecule has 1 heterocycles. The Morgan fingerprint density at radius 1 is 1.00 bits per heavy atom. The lowest BCUT2D eigenvalue weighted by atomic mass is 10.2. The van der Waals surface area contributed by atoms with E-state index in [4.69, 9.17) is 0 Å². The third-order valence-corrected chi connectivity index (χ3v) is 3.19. The van der Waals surface area contributed by atoms with Gasteiger partial charge in [-0.2, -0.15) is 12.7 Å². The molecule has 5 nitrogen and oxygen atoms in total. The van der Waals surface area contributed by atoms with Gasteiger partial charge in [-0.05, 0) is 12.8 Å². The Bertz CT molecular complexity index is 242. The second-order valence-electron chi connectivity index (χ2n) is 2.87. The van der Waals surface area contributed by atoms with Crippen LogP contribution >= 0.6 is 0 Å². The Hall–Kier alpha value is -0.490. The molecule has 0 aromatic heterocycles. The third-order valence-electron chi connectivity index (χ3n) is 1.99. The van der Waals surface area contributed by atoms with Crippen LogP contribution < -0.4 is 0 Å². The van der Waals surface area contributed by atoms with Crippen molar-refractivity contribution in [2.75, 3.05) is 13.1 Å². The maximum absolute atomic E-state index is 11.0. The fourth-order valence-corrected chi connectivity index (χ4v) is 2.13. The van der Waals surface area contributed by atoms with Crippen LogP contribution in [0.2, 0.25) is 0 Å². The molecule has 0 aromatic rings. The van der Waals surface area contributed by atoms with E-state index in [0.717, 1.165) is 30.0 Å². The molecule has 1 fully saturated rings. The van der Waals surface area contributed by atoms with Crippen molar-refractivity contribution in [3.8, 4) is 0 Å². The van der Waals surface area contributed by atoms with Crippen LogP contribution in [0.25, 0.3) is 0 Å². The summed E-state index contributed by atoms with van der Waals surface area (Å²) >= 11 is 0. The molecule has 0 saturated carbocycles. The van der Waals surface area contributed by atoms with Crippen molar-refractivity contribution < 1.29 is 8.42 Å². The summed E-state index contributed by atoms with van der Waals surface area (Å²) in [6.45, 7) is 0.877. The van der Waals surface area contributed by atoms with Gasteiger partial charge in [-0.25, -0.2) is 0 Å². The van der Waals surface area contributed by atoms with E-state index in [1.807, 2.05) is 0 Å². The quantitative estimate of drug-likeness (QED) is 0.610. The van der Waals surface area contributed by atoms with Crippen LogP contribution in [-0.4, -0.2) is 25.8 Å². The topological polar surface area (TPSA) is 66.8 Å². The Kier molecular flexibility index (Phi) is 3.16. The minimum atomic E-state index is -3.84. The van der Waals surface area contributed by atoms with E-state index in [-0.39, 0.29) is 0 Å².